The van der Waals surface area contributed by atoms with E-state index in [1.54, 1.807) is 14.0 Å². The zero-order valence-electron chi connectivity index (χ0n) is 12.3. The van der Waals surface area contributed by atoms with Crippen molar-refractivity contribution in [3.8, 4) is 5.75 Å². The van der Waals surface area contributed by atoms with Gasteiger partial charge in [0.05, 0.1) is 25.0 Å². The third-order valence-electron chi connectivity index (χ3n) is 2.76. The fourth-order valence-electron chi connectivity index (χ4n) is 1.86. The number of nitrogens with one attached hydrogen (secondary N) is 1. The van der Waals surface area contributed by atoms with Crippen LogP contribution in [0.2, 0.25) is 0 Å². The van der Waals surface area contributed by atoms with Gasteiger partial charge in [-0.1, -0.05) is 0 Å². The first-order valence-corrected chi connectivity index (χ1v) is 7.80. The van der Waals surface area contributed by atoms with E-state index >= 15 is 0 Å². The summed E-state index contributed by atoms with van der Waals surface area (Å²) in [5.41, 5.74) is 0.450. The summed E-state index contributed by atoms with van der Waals surface area (Å²) in [4.78, 5) is 11.9. The molecule has 0 aromatic heterocycles. The van der Waals surface area contributed by atoms with Gasteiger partial charge in [0, 0.05) is 18.7 Å². The van der Waals surface area contributed by atoms with Crippen LogP contribution in [0.1, 0.15) is 12.5 Å². The number of methoxy groups -OCH3 is 2. The average molecular weight is 316 g/mol. The molecule has 0 spiro atoms. The summed E-state index contributed by atoms with van der Waals surface area (Å²) in [6, 6.07) is 4.01. The third kappa shape index (κ3) is 5.33. The number of carbonyl (C=O) groups excluding carboxylic acids is 1. The molecule has 0 fully saturated rings. The molecule has 0 heterocycles. The van der Waals surface area contributed by atoms with Crippen molar-refractivity contribution in [3.63, 3.8) is 0 Å². The maximum atomic E-state index is 11.9. The summed E-state index contributed by atoms with van der Waals surface area (Å²) < 4.78 is 32.8. The summed E-state index contributed by atoms with van der Waals surface area (Å²) in [7, 11) is -0.837. The number of amides is 1. The molecule has 21 heavy (non-hydrogen) atoms. The number of primary sulfonamides is 1. The van der Waals surface area contributed by atoms with E-state index < -0.39 is 10.0 Å². The lowest BCUT2D eigenvalue weighted by molar-refractivity contribution is -0.121. The van der Waals surface area contributed by atoms with E-state index in [0.29, 0.717) is 17.9 Å². The first-order chi connectivity index (χ1) is 9.77. The minimum atomic E-state index is -3.83. The van der Waals surface area contributed by atoms with Gasteiger partial charge in [0.2, 0.25) is 15.9 Å². The predicted octanol–water partition coefficient (Wildman–Crippen LogP) is 0.0362. The second-order valence-corrected chi connectivity index (χ2v) is 6.18. The van der Waals surface area contributed by atoms with Crippen LogP contribution in [0.15, 0.2) is 23.1 Å². The number of ether oxygens (including phenoxy) is 2. The molecule has 0 aliphatic heterocycles. The van der Waals surface area contributed by atoms with E-state index in [1.807, 2.05) is 0 Å². The summed E-state index contributed by atoms with van der Waals surface area (Å²) in [6.07, 6.45) is -0.0133. The Morgan fingerprint density at radius 3 is 2.57 bits per heavy atom. The molecule has 1 aromatic rings. The highest BCUT2D eigenvalue weighted by Crippen LogP contribution is 2.22. The van der Waals surface area contributed by atoms with Gasteiger partial charge in [-0.3, -0.25) is 4.79 Å². The number of hydrogen-bond donors (Lipinski definition) is 2. The second-order valence-electron chi connectivity index (χ2n) is 4.62. The van der Waals surface area contributed by atoms with Crippen LogP contribution in [0.25, 0.3) is 0 Å². The highest BCUT2D eigenvalue weighted by atomic mass is 32.2. The molecule has 3 N–H and O–H groups in total. The van der Waals surface area contributed by atoms with Gasteiger partial charge in [0.25, 0.3) is 0 Å². The molecule has 0 radical (unpaired) electrons. The van der Waals surface area contributed by atoms with Gasteiger partial charge in [-0.2, -0.15) is 0 Å². The number of sulfonamides is 1. The second kappa shape index (κ2) is 7.39. The Morgan fingerprint density at radius 1 is 1.38 bits per heavy atom. The summed E-state index contributed by atoms with van der Waals surface area (Å²) in [5, 5.41) is 7.82. The van der Waals surface area contributed by atoms with Crippen molar-refractivity contribution in [2.75, 3.05) is 20.8 Å². The standard InChI is InChI=1S/C13H20N2O5S/c1-9(8-19-2)15-13(16)7-10-6-11(21(14,17)18)4-5-12(10)20-3/h4-6,9H,7-8H2,1-3H3,(H,15,16)(H2,14,17,18). The van der Waals surface area contributed by atoms with Gasteiger partial charge in [0.1, 0.15) is 5.75 Å². The summed E-state index contributed by atoms with van der Waals surface area (Å²) >= 11 is 0. The van der Waals surface area contributed by atoms with E-state index in [4.69, 9.17) is 14.6 Å². The van der Waals surface area contributed by atoms with Crippen LogP contribution in [0.4, 0.5) is 0 Å². The molecule has 0 saturated carbocycles. The van der Waals surface area contributed by atoms with Gasteiger partial charge < -0.3 is 14.8 Å². The minimum Gasteiger partial charge on any atom is -0.496 e. The number of rotatable bonds is 7. The lowest BCUT2D eigenvalue weighted by atomic mass is 10.1. The number of carbonyl (C=O) groups is 1. The molecule has 0 saturated heterocycles. The van der Waals surface area contributed by atoms with Crippen molar-refractivity contribution in [2.45, 2.75) is 24.3 Å². The monoisotopic (exact) mass is 316 g/mol. The Labute approximate surface area is 124 Å². The Hall–Kier alpha value is -1.64. The van der Waals surface area contributed by atoms with E-state index in [-0.39, 0.29) is 23.3 Å². The Balaban J connectivity index is 2.93. The van der Waals surface area contributed by atoms with Gasteiger partial charge in [-0.05, 0) is 25.1 Å². The van der Waals surface area contributed by atoms with Crippen LogP contribution in [0, 0.1) is 0 Å². The SMILES string of the molecule is COCC(C)NC(=O)Cc1cc(S(N)(=O)=O)ccc1OC. The Morgan fingerprint density at radius 2 is 2.05 bits per heavy atom. The molecule has 118 valence electrons. The van der Waals surface area contributed by atoms with Gasteiger partial charge in [-0.15, -0.1) is 0 Å². The molecular formula is C13H20N2O5S. The molecule has 1 unspecified atom stereocenters. The zero-order valence-corrected chi connectivity index (χ0v) is 13.1. The van der Waals surface area contributed by atoms with Crippen LogP contribution < -0.4 is 15.2 Å². The van der Waals surface area contributed by atoms with Crippen molar-refractivity contribution in [1.82, 2.24) is 5.32 Å². The van der Waals surface area contributed by atoms with Crippen LogP contribution in [0.5, 0.6) is 5.75 Å². The van der Waals surface area contributed by atoms with Crippen LogP contribution in [-0.2, 0) is 26.0 Å². The minimum absolute atomic E-state index is 0.0133. The third-order valence-corrected chi connectivity index (χ3v) is 3.67. The first-order valence-electron chi connectivity index (χ1n) is 6.26. The van der Waals surface area contributed by atoms with Crippen molar-refractivity contribution in [3.05, 3.63) is 23.8 Å². The molecular weight excluding hydrogens is 296 g/mol. The molecule has 0 aliphatic rings. The van der Waals surface area contributed by atoms with Crippen LogP contribution >= 0.6 is 0 Å². The zero-order chi connectivity index (χ0) is 16.0. The molecule has 1 aromatic carbocycles. The van der Waals surface area contributed by atoms with Gasteiger partial charge in [0.15, 0.2) is 0 Å². The summed E-state index contributed by atoms with van der Waals surface area (Å²) in [6.45, 7) is 2.19. The predicted molar refractivity (Wildman–Crippen MR) is 77.6 cm³/mol. The number of benzene rings is 1. The fourth-order valence-corrected chi connectivity index (χ4v) is 2.42. The fraction of sp³-hybridized carbons (Fsp3) is 0.462. The number of nitrogens with two attached hydrogens (primary N) is 1. The largest absolute Gasteiger partial charge is 0.496 e. The summed E-state index contributed by atoms with van der Waals surface area (Å²) in [5.74, 6) is 0.168. The topological polar surface area (TPSA) is 108 Å². The molecule has 7 nitrogen and oxygen atoms in total. The Bertz CT molecular complexity index is 601. The smallest absolute Gasteiger partial charge is 0.238 e. The van der Waals surface area contributed by atoms with E-state index in [0.717, 1.165) is 0 Å². The average Bonchev–Trinajstić information content (AvgIpc) is 2.37. The van der Waals surface area contributed by atoms with Crippen LogP contribution in [-0.4, -0.2) is 41.2 Å². The first kappa shape index (κ1) is 17.4. The van der Waals surface area contributed by atoms with Crippen LogP contribution in [0.3, 0.4) is 0 Å². The van der Waals surface area contributed by atoms with Gasteiger partial charge >= 0.3 is 0 Å². The molecule has 1 atom stereocenters. The number of hydrogen-bond acceptors (Lipinski definition) is 5. The lowest BCUT2D eigenvalue weighted by Gasteiger charge is -2.14. The highest BCUT2D eigenvalue weighted by molar-refractivity contribution is 7.89. The molecule has 1 amide bonds. The van der Waals surface area contributed by atoms with E-state index in [2.05, 4.69) is 5.32 Å². The lowest BCUT2D eigenvalue weighted by Crippen LogP contribution is -2.36. The van der Waals surface area contributed by atoms with Crippen molar-refractivity contribution in [1.29, 1.82) is 0 Å². The molecule has 8 heteroatoms. The maximum absolute atomic E-state index is 11.9. The van der Waals surface area contributed by atoms with Gasteiger partial charge in [-0.25, -0.2) is 13.6 Å². The van der Waals surface area contributed by atoms with E-state index in [9.17, 15) is 13.2 Å². The normalized spacial score (nSPS) is 12.8. The van der Waals surface area contributed by atoms with E-state index in [1.165, 1.54) is 25.3 Å². The van der Waals surface area contributed by atoms with Crippen molar-refractivity contribution < 1.29 is 22.7 Å². The maximum Gasteiger partial charge on any atom is 0.238 e. The molecule has 0 aliphatic carbocycles. The molecule has 1 rings (SSSR count). The quantitative estimate of drug-likeness (QED) is 0.738. The molecule has 0 bridgehead atoms. The van der Waals surface area contributed by atoms with Crippen molar-refractivity contribution in [2.24, 2.45) is 5.14 Å². The highest BCUT2D eigenvalue weighted by Gasteiger charge is 2.15. The van der Waals surface area contributed by atoms with Crippen molar-refractivity contribution >= 4 is 15.9 Å². The Kier molecular flexibility index (Phi) is 6.13.